The molecule has 0 unspecified atom stereocenters. The van der Waals surface area contributed by atoms with Gasteiger partial charge in [0.25, 0.3) is 11.4 Å². The number of halogens is 1. The summed E-state index contributed by atoms with van der Waals surface area (Å²) in [6, 6.07) is 0. The maximum atomic E-state index is 12.0. The molecule has 0 saturated carbocycles. The number of H-pyrrole nitrogens is 1. The smallest absolute Gasteiger partial charge is 0.280 e. The van der Waals surface area contributed by atoms with Crippen LogP contribution in [-0.2, 0) is 4.79 Å². The summed E-state index contributed by atoms with van der Waals surface area (Å²) in [6.45, 7) is 7.34. The number of nitrogens with one attached hydrogen (secondary N) is 2. The van der Waals surface area contributed by atoms with Crippen LogP contribution in [0, 0.1) is 5.41 Å². The van der Waals surface area contributed by atoms with Gasteiger partial charge in [-0.1, -0.05) is 32.4 Å². The Morgan fingerprint density at radius 1 is 1.32 bits per heavy atom. The zero-order chi connectivity index (χ0) is 16.5. The number of fused-ring (bicyclic) bond motifs is 1. The van der Waals surface area contributed by atoms with Gasteiger partial charge in [-0.3, -0.25) is 19.9 Å². The molecule has 2 rings (SSSR count). The molecule has 0 spiro atoms. The molecule has 0 aliphatic rings. The summed E-state index contributed by atoms with van der Waals surface area (Å²) >= 11 is 5.89. The summed E-state index contributed by atoms with van der Waals surface area (Å²) in [4.78, 5) is 38.4. The maximum absolute atomic E-state index is 12.0. The highest BCUT2D eigenvalue weighted by atomic mass is 35.5. The summed E-state index contributed by atoms with van der Waals surface area (Å²) in [5.74, 6) is -0.207. The van der Waals surface area contributed by atoms with E-state index in [1.807, 2.05) is 0 Å². The molecule has 0 aliphatic heterocycles. The highest BCUT2D eigenvalue weighted by Gasteiger charge is 2.22. The van der Waals surface area contributed by atoms with Crippen molar-refractivity contribution in [1.29, 1.82) is 0 Å². The number of amides is 1. The minimum absolute atomic E-state index is 0.00324. The lowest BCUT2D eigenvalue weighted by Gasteiger charge is -2.16. The number of aromatic nitrogens is 4. The fraction of sp³-hybridized carbons (Fsp3) is 0.462. The Kier molecular flexibility index (Phi) is 4.32. The standard InChI is InChI=1S/C13H16ClN5O3/c1-5-22-10-7(14)15-6-8(16-10)17-12(18-9(6)20)19-11(21)13(2,3)4/h5H2,1-4H3,(H2,16,17,18,19,20,21). The fourth-order valence-electron chi connectivity index (χ4n) is 1.50. The number of anilines is 1. The summed E-state index contributed by atoms with van der Waals surface area (Å²) in [7, 11) is 0. The van der Waals surface area contributed by atoms with Crippen LogP contribution < -0.4 is 15.6 Å². The molecule has 118 valence electrons. The van der Waals surface area contributed by atoms with Gasteiger partial charge in [0.1, 0.15) is 0 Å². The van der Waals surface area contributed by atoms with Crippen molar-refractivity contribution in [2.24, 2.45) is 5.41 Å². The summed E-state index contributed by atoms with van der Waals surface area (Å²) in [5.41, 5.74) is -1.16. The summed E-state index contributed by atoms with van der Waals surface area (Å²) in [5, 5.41) is 2.51. The SMILES string of the molecule is CCOc1nc2nc(NC(=O)C(C)(C)C)[nH]c(=O)c2nc1Cl. The van der Waals surface area contributed by atoms with Crippen LogP contribution in [0.3, 0.4) is 0 Å². The van der Waals surface area contributed by atoms with Gasteiger partial charge in [0, 0.05) is 5.41 Å². The molecule has 2 aromatic rings. The highest BCUT2D eigenvalue weighted by molar-refractivity contribution is 6.30. The van der Waals surface area contributed by atoms with Crippen LogP contribution in [0.15, 0.2) is 4.79 Å². The lowest BCUT2D eigenvalue weighted by Crippen LogP contribution is -2.29. The second-order valence-electron chi connectivity index (χ2n) is 5.54. The van der Waals surface area contributed by atoms with E-state index in [1.165, 1.54) is 0 Å². The Labute approximate surface area is 131 Å². The third-order valence-corrected chi connectivity index (χ3v) is 2.91. The number of aromatic amines is 1. The Morgan fingerprint density at radius 2 is 2.00 bits per heavy atom. The van der Waals surface area contributed by atoms with Gasteiger partial charge in [-0.15, -0.1) is 0 Å². The minimum atomic E-state index is -0.629. The lowest BCUT2D eigenvalue weighted by molar-refractivity contribution is -0.123. The van der Waals surface area contributed by atoms with Crippen molar-refractivity contribution < 1.29 is 9.53 Å². The molecule has 2 N–H and O–H groups in total. The van der Waals surface area contributed by atoms with Crippen molar-refractivity contribution >= 4 is 34.6 Å². The van der Waals surface area contributed by atoms with Crippen LogP contribution in [0.2, 0.25) is 5.15 Å². The average Bonchev–Trinajstić information content (AvgIpc) is 2.40. The zero-order valence-corrected chi connectivity index (χ0v) is 13.4. The monoisotopic (exact) mass is 325 g/mol. The minimum Gasteiger partial charge on any atom is -0.476 e. The zero-order valence-electron chi connectivity index (χ0n) is 12.7. The number of carbonyl (C=O) groups is 1. The first-order valence-electron chi connectivity index (χ1n) is 6.64. The van der Waals surface area contributed by atoms with E-state index >= 15 is 0 Å². The van der Waals surface area contributed by atoms with E-state index in [-0.39, 0.29) is 34.1 Å². The topological polar surface area (TPSA) is 110 Å². The van der Waals surface area contributed by atoms with E-state index in [1.54, 1.807) is 27.7 Å². The van der Waals surface area contributed by atoms with Crippen molar-refractivity contribution in [3.8, 4) is 5.88 Å². The molecule has 0 aromatic carbocycles. The van der Waals surface area contributed by atoms with Crippen molar-refractivity contribution in [3.05, 3.63) is 15.5 Å². The normalized spacial score (nSPS) is 11.5. The van der Waals surface area contributed by atoms with Crippen molar-refractivity contribution in [3.63, 3.8) is 0 Å². The van der Waals surface area contributed by atoms with E-state index in [4.69, 9.17) is 16.3 Å². The van der Waals surface area contributed by atoms with Gasteiger partial charge in [-0.25, -0.2) is 4.98 Å². The molecule has 0 saturated heterocycles. The third-order valence-electron chi connectivity index (χ3n) is 2.66. The van der Waals surface area contributed by atoms with E-state index in [2.05, 4.69) is 25.3 Å². The number of hydrogen-bond acceptors (Lipinski definition) is 6. The maximum Gasteiger partial charge on any atom is 0.280 e. The quantitative estimate of drug-likeness (QED) is 0.889. The van der Waals surface area contributed by atoms with E-state index in [0.29, 0.717) is 6.61 Å². The summed E-state index contributed by atoms with van der Waals surface area (Å²) < 4.78 is 5.21. The number of nitrogens with zero attached hydrogens (tertiary/aromatic N) is 3. The van der Waals surface area contributed by atoms with E-state index in [0.717, 1.165) is 0 Å². The highest BCUT2D eigenvalue weighted by Crippen LogP contribution is 2.21. The fourth-order valence-corrected chi connectivity index (χ4v) is 1.69. The number of carbonyl (C=O) groups excluding carboxylic acids is 1. The van der Waals surface area contributed by atoms with Crippen LogP contribution in [0.5, 0.6) is 5.88 Å². The Hall–Kier alpha value is -2.22. The first-order valence-corrected chi connectivity index (χ1v) is 7.02. The van der Waals surface area contributed by atoms with Gasteiger partial charge in [0.2, 0.25) is 11.9 Å². The average molecular weight is 326 g/mol. The molecule has 2 aromatic heterocycles. The largest absolute Gasteiger partial charge is 0.476 e. The molecule has 2 heterocycles. The van der Waals surface area contributed by atoms with Crippen molar-refractivity contribution in [2.45, 2.75) is 27.7 Å². The number of ether oxygens (including phenoxy) is 1. The van der Waals surface area contributed by atoms with Crippen molar-refractivity contribution in [2.75, 3.05) is 11.9 Å². The van der Waals surface area contributed by atoms with Crippen molar-refractivity contribution in [1.82, 2.24) is 19.9 Å². The molecule has 0 atom stereocenters. The van der Waals surface area contributed by atoms with E-state index in [9.17, 15) is 9.59 Å². The van der Waals surface area contributed by atoms with E-state index < -0.39 is 11.0 Å². The summed E-state index contributed by atoms with van der Waals surface area (Å²) in [6.07, 6.45) is 0. The first-order chi connectivity index (χ1) is 10.2. The van der Waals surface area contributed by atoms with Gasteiger partial charge < -0.3 is 4.74 Å². The van der Waals surface area contributed by atoms with Crippen LogP contribution in [0.1, 0.15) is 27.7 Å². The predicted molar refractivity (Wildman–Crippen MR) is 82.2 cm³/mol. The Morgan fingerprint density at radius 3 is 2.59 bits per heavy atom. The Balaban J connectivity index is 2.49. The van der Waals surface area contributed by atoms with Gasteiger partial charge >= 0.3 is 0 Å². The molecule has 0 aliphatic carbocycles. The molecule has 8 nitrogen and oxygen atoms in total. The molecule has 1 amide bonds. The molecule has 9 heteroatoms. The molecule has 0 radical (unpaired) electrons. The number of rotatable bonds is 3. The first kappa shape index (κ1) is 16.2. The van der Waals surface area contributed by atoms with Crippen LogP contribution in [0.4, 0.5) is 5.95 Å². The van der Waals surface area contributed by atoms with Gasteiger partial charge in [-0.05, 0) is 6.92 Å². The van der Waals surface area contributed by atoms with Crippen LogP contribution >= 0.6 is 11.6 Å². The van der Waals surface area contributed by atoms with Crippen LogP contribution in [-0.4, -0.2) is 32.4 Å². The van der Waals surface area contributed by atoms with Gasteiger partial charge in [-0.2, -0.15) is 9.97 Å². The molecular formula is C13H16ClN5O3. The van der Waals surface area contributed by atoms with Gasteiger partial charge in [0.05, 0.1) is 6.61 Å². The van der Waals surface area contributed by atoms with Gasteiger partial charge in [0.15, 0.2) is 16.3 Å². The van der Waals surface area contributed by atoms with Crippen LogP contribution in [0.25, 0.3) is 11.2 Å². The molecule has 0 fully saturated rings. The second kappa shape index (κ2) is 5.88. The molecule has 22 heavy (non-hydrogen) atoms. The Bertz CT molecular complexity index is 782. The lowest BCUT2D eigenvalue weighted by atomic mass is 9.96. The third kappa shape index (κ3) is 3.33. The number of hydrogen-bond donors (Lipinski definition) is 2. The second-order valence-corrected chi connectivity index (χ2v) is 5.90. The predicted octanol–water partition coefficient (Wildman–Crippen LogP) is 1.75. The molecular weight excluding hydrogens is 310 g/mol. The molecule has 0 bridgehead atoms.